The monoisotopic (exact) mass is 168 g/mol. The van der Waals surface area contributed by atoms with Crippen LogP contribution < -0.4 is 0 Å². The SMILES string of the molecule is CC1C2CC3C1OC(O)C3C2C. The van der Waals surface area contributed by atoms with Crippen molar-refractivity contribution in [2.75, 3.05) is 0 Å². The molecule has 0 aromatic carbocycles. The van der Waals surface area contributed by atoms with E-state index in [9.17, 15) is 5.11 Å². The van der Waals surface area contributed by atoms with Crippen molar-refractivity contribution in [1.82, 2.24) is 0 Å². The molecule has 1 saturated heterocycles. The largest absolute Gasteiger partial charge is 0.368 e. The lowest BCUT2D eigenvalue weighted by Gasteiger charge is -2.28. The van der Waals surface area contributed by atoms with Gasteiger partial charge in [-0.2, -0.15) is 0 Å². The van der Waals surface area contributed by atoms with Gasteiger partial charge < -0.3 is 9.84 Å². The van der Waals surface area contributed by atoms with Gasteiger partial charge in [0.05, 0.1) is 6.10 Å². The molecular formula is C10H16O2. The van der Waals surface area contributed by atoms with Crippen LogP contribution in [-0.4, -0.2) is 17.5 Å². The first kappa shape index (κ1) is 7.34. The molecule has 1 aliphatic heterocycles. The van der Waals surface area contributed by atoms with Gasteiger partial charge in [0.15, 0.2) is 6.29 Å². The predicted octanol–water partition coefficient (Wildman–Crippen LogP) is 1.24. The van der Waals surface area contributed by atoms with Crippen LogP contribution in [0, 0.1) is 29.6 Å². The van der Waals surface area contributed by atoms with Crippen LogP contribution in [0.4, 0.5) is 0 Å². The third-order valence-corrected chi connectivity index (χ3v) is 4.56. The Kier molecular flexibility index (Phi) is 1.25. The van der Waals surface area contributed by atoms with Crippen LogP contribution in [0.1, 0.15) is 20.3 Å². The van der Waals surface area contributed by atoms with Crippen molar-refractivity contribution in [2.45, 2.75) is 32.7 Å². The highest BCUT2D eigenvalue weighted by atomic mass is 16.6. The van der Waals surface area contributed by atoms with Gasteiger partial charge in [0.25, 0.3) is 0 Å². The highest BCUT2D eigenvalue weighted by molar-refractivity contribution is 5.07. The first-order chi connectivity index (χ1) is 5.70. The van der Waals surface area contributed by atoms with E-state index < -0.39 is 6.29 Å². The molecule has 2 bridgehead atoms. The second-order valence-electron chi connectivity index (χ2n) is 4.85. The standard InChI is InChI=1S/C10H16O2/c1-4-6-3-7-8(4)10(11)12-9(7)5(6)2/h4-11H,3H2,1-2H3. The molecule has 2 aliphatic carbocycles. The van der Waals surface area contributed by atoms with Gasteiger partial charge in [0.2, 0.25) is 0 Å². The Labute approximate surface area is 72.9 Å². The predicted molar refractivity (Wildman–Crippen MR) is 44.3 cm³/mol. The third kappa shape index (κ3) is 0.612. The van der Waals surface area contributed by atoms with Crippen LogP contribution in [0.3, 0.4) is 0 Å². The van der Waals surface area contributed by atoms with Gasteiger partial charge in [0.1, 0.15) is 0 Å². The molecule has 0 amide bonds. The molecule has 0 radical (unpaired) electrons. The Morgan fingerprint density at radius 2 is 1.92 bits per heavy atom. The first-order valence-corrected chi connectivity index (χ1v) is 5.03. The van der Waals surface area contributed by atoms with E-state index in [1.807, 2.05) is 0 Å². The van der Waals surface area contributed by atoms with Crippen molar-refractivity contribution in [3.8, 4) is 0 Å². The maximum Gasteiger partial charge on any atom is 0.158 e. The Balaban J connectivity index is 2.01. The van der Waals surface area contributed by atoms with Gasteiger partial charge in [-0.25, -0.2) is 0 Å². The van der Waals surface area contributed by atoms with Gasteiger partial charge in [-0.05, 0) is 30.1 Å². The molecule has 2 heteroatoms. The third-order valence-electron chi connectivity index (χ3n) is 4.56. The quantitative estimate of drug-likeness (QED) is 0.589. The summed E-state index contributed by atoms with van der Waals surface area (Å²) < 4.78 is 5.58. The van der Waals surface area contributed by atoms with Gasteiger partial charge >= 0.3 is 0 Å². The second-order valence-corrected chi connectivity index (χ2v) is 4.85. The Hall–Kier alpha value is -0.0800. The molecule has 1 N–H and O–H groups in total. The van der Waals surface area contributed by atoms with Crippen molar-refractivity contribution < 1.29 is 9.84 Å². The summed E-state index contributed by atoms with van der Waals surface area (Å²) >= 11 is 0. The fourth-order valence-corrected chi connectivity index (χ4v) is 3.99. The summed E-state index contributed by atoms with van der Waals surface area (Å²) in [6, 6.07) is 0. The minimum atomic E-state index is -0.454. The van der Waals surface area contributed by atoms with Gasteiger partial charge in [-0.3, -0.25) is 0 Å². The number of ether oxygens (including phenoxy) is 1. The molecule has 3 aliphatic rings. The average molecular weight is 168 g/mol. The molecule has 0 aromatic heterocycles. The van der Waals surface area contributed by atoms with Crippen molar-refractivity contribution in [3.63, 3.8) is 0 Å². The van der Waals surface area contributed by atoms with Crippen LogP contribution in [0.25, 0.3) is 0 Å². The molecule has 3 fully saturated rings. The van der Waals surface area contributed by atoms with E-state index in [1.54, 1.807) is 0 Å². The summed E-state index contributed by atoms with van der Waals surface area (Å²) in [5, 5.41) is 9.66. The van der Waals surface area contributed by atoms with E-state index >= 15 is 0 Å². The molecule has 0 spiro atoms. The molecule has 68 valence electrons. The fourth-order valence-electron chi connectivity index (χ4n) is 3.99. The van der Waals surface area contributed by atoms with Crippen LogP contribution in [-0.2, 0) is 4.74 Å². The average Bonchev–Trinajstić information content (AvgIpc) is 2.56. The van der Waals surface area contributed by atoms with E-state index in [0.29, 0.717) is 29.8 Å². The topological polar surface area (TPSA) is 29.5 Å². The Morgan fingerprint density at radius 3 is 2.58 bits per heavy atom. The second kappa shape index (κ2) is 2.05. The van der Waals surface area contributed by atoms with Crippen molar-refractivity contribution in [1.29, 1.82) is 0 Å². The Morgan fingerprint density at radius 1 is 1.17 bits per heavy atom. The zero-order chi connectivity index (χ0) is 8.46. The van der Waals surface area contributed by atoms with E-state index in [2.05, 4.69) is 13.8 Å². The van der Waals surface area contributed by atoms with Gasteiger partial charge in [-0.1, -0.05) is 13.8 Å². The van der Waals surface area contributed by atoms with E-state index in [-0.39, 0.29) is 0 Å². The molecule has 2 saturated carbocycles. The minimum absolute atomic E-state index is 0.381. The normalized spacial score (nSPS) is 67.8. The molecule has 0 aromatic rings. The fraction of sp³-hybridized carbons (Fsp3) is 1.00. The maximum absolute atomic E-state index is 9.66. The summed E-state index contributed by atoms with van der Waals surface area (Å²) in [6.07, 6.45) is 1.23. The van der Waals surface area contributed by atoms with E-state index in [0.717, 1.165) is 5.92 Å². The zero-order valence-electron chi connectivity index (χ0n) is 7.60. The number of aliphatic hydroxyl groups excluding tert-OH is 1. The lowest BCUT2D eigenvalue weighted by Crippen LogP contribution is -2.30. The van der Waals surface area contributed by atoms with Crippen LogP contribution in [0.2, 0.25) is 0 Å². The number of hydrogen-bond donors (Lipinski definition) is 1. The number of rotatable bonds is 0. The highest BCUT2D eigenvalue weighted by Crippen LogP contribution is 2.61. The van der Waals surface area contributed by atoms with Gasteiger partial charge in [0, 0.05) is 5.92 Å². The molecule has 2 nitrogen and oxygen atoms in total. The van der Waals surface area contributed by atoms with Crippen molar-refractivity contribution in [2.24, 2.45) is 29.6 Å². The smallest absolute Gasteiger partial charge is 0.158 e. The lowest BCUT2D eigenvalue weighted by molar-refractivity contribution is -0.110. The van der Waals surface area contributed by atoms with Crippen molar-refractivity contribution in [3.05, 3.63) is 0 Å². The summed E-state index contributed by atoms with van der Waals surface area (Å²) in [5.74, 6) is 3.31. The van der Waals surface area contributed by atoms with Crippen LogP contribution >= 0.6 is 0 Å². The number of fused-ring (bicyclic) bond motifs is 1. The number of hydrogen-bond acceptors (Lipinski definition) is 2. The summed E-state index contributed by atoms with van der Waals surface area (Å²) in [6.45, 7) is 4.56. The zero-order valence-corrected chi connectivity index (χ0v) is 7.60. The molecular weight excluding hydrogens is 152 g/mol. The van der Waals surface area contributed by atoms with E-state index in [4.69, 9.17) is 4.74 Å². The maximum atomic E-state index is 9.66. The highest BCUT2D eigenvalue weighted by Gasteiger charge is 2.62. The van der Waals surface area contributed by atoms with Crippen molar-refractivity contribution >= 4 is 0 Å². The minimum Gasteiger partial charge on any atom is -0.368 e. The summed E-state index contributed by atoms with van der Waals surface area (Å²) in [5.41, 5.74) is 0. The summed E-state index contributed by atoms with van der Waals surface area (Å²) in [4.78, 5) is 0. The first-order valence-electron chi connectivity index (χ1n) is 5.03. The van der Waals surface area contributed by atoms with Gasteiger partial charge in [-0.15, -0.1) is 0 Å². The Bertz CT molecular complexity index is 212. The molecule has 12 heavy (non-hydrogen) atoms. The van der Waals surface area contributed by atoms with Crippen LogP contribution in [0.15, 0.2) is 0 Å². The van der Waals surface area contributed by atoms with Crippen LogP contribution in [0.5, 0.6) is 0 Å². The molecule has 7 atom stereocenters. The molecule has 3 rings (SSSR count). The van der Waals surface area contributed by atoms with E-state index in [1.165, 1.54) is 6.42 Å². The number of aliphatic hydroxyl groups is 1. The molecule has 1 heterocycles. The molecule has 7 unspecified atom stereocenters. The lowest BCUT2D eigenvalue weighted by atomic mass is 9.76. The summed E-state index contributed by atoms with van der Waals surface area (Å²) in [7, 11) is 0.